The van der Waals surface area contributed by atoms with Crippen molar-refractivity contribution < 1.29 is 23.8 Å². The van der Waals surface area contributed by atoms with Crippen LogP contribution in [0, 0.1) is 0 Å². The van der Waals surface area contributed by atoms with Crippen LogP contribution in [0.3, 0.4) is 0 Å². The Balaban J connectivity index is 1.70. The molecule has 0 N–H and O–H groups in total. The molecule has 0 aliphatic rings. The molecule has 0 spiro atoms. The monoisotopic (exact) mass is 474 g/mol. The van der Waals surface area contributed by atoms with E-state index in [9.17, 15) is 9.59 Å². The molecular formula is C23H26N2O5S2. The maximum absolute atomic E-state index is 12.5. The molecule has 0 saturated heterocycles. The van der Waals surface area contributed by atoms with E-state index in [1.54, 1.807) is 38.1 Å². The fourth-order valence-corrected chi connectivity index (χ4v) is 5.02. The van der Waals surface area contributed by atoms with Crippen molar-refractivity contribution in [2.75, 3.05) is 33.7 Å². The highest BCUT2D eigenvalue weighted by Gasteiger charge is 2.12. The van der Waals surface area contributed by atoms with Crippen molar-refractivity contribution in [3.63, 3.8) is 0 Å². The number of carbonyl (C=O) groups is 2. The van der Waals surface area contributed by atoms with Gasteiger partial charge in [0.05, 0.1) is 36.6 Å². The number of esters is 1. The van der Waals surface area contributed by atoms with Gasteiger partial charge in [-0.05, 0) is 54.6 Å². The number of nitrogens with zero attached hydrogens (tertiary/aromatic N) is 2. The van der Waals surface area contributed by atoms with E-state index >= 15 is 0 Å². The predicted octanol–water partition coefficient (Wildman–Crippen LogP) is 4.14. The van der Waals surface area contributed by atoms with Crippen molar-refractivity contribution in [2.24, 2.45) is 4.99 Å². The van der Waals surface area contributed by atoms with Gasteiger partial charge in [-0.2, -0.15) is 4.99 Å². The van der Waals surface area contributed by atoms with Crippen molar-refractivity contribution >= 4 is 45.2 Å². The zero-order valence-electron chi connectivity index (χ0n) is 18.3. The highest BCUT2D eigenvalue weighted by Crippen LogP contribution is 2.23. The topological polar surface area (TPSA) is 79.1 Å². The van der Waals surface area contributed by atoms with Crippen LogP contribution < -0.4 is 9.54 Å². The molecule has 9 heteroatoms. The quantitative estimate of drug-likeness (QED) is 0.250. The Bertz CT molecular complexity index is 1140. The van der Waals surface area contributed by atoms with Gasteiger partial charge in [-0.25, -0.2) is 4.79 Å². The van der Waals surface area contributed by atoms with E-state index < -0.39 is 5.97 Å². The summed E-state index contributed by atoms with van der Waals surface area (Å²) in [6.07, 6.45) is 1.10. The van der Waals surface area contributed by atoms with Gasteiger partial charge in [-0.1, -0.05) is 11.3 Å². The second-order valence-electron chi connectivity index (χ2n) is 6.84. The van der Waals surface area contributed by atoms with Gasteiger partial charge >= 0.3 is 5.97 Å². The maximum Gasteiger partial charge on any atom is 0.337 e. The van der Waals surface area contributed by atoms with Gasteiger partial charge in [0.25, 0.3) is 0 Å². The Morgan fingerprint density at radius 3 is 2.56 bits per heavy atom. The number of thioether (sulfide) groups is 1. The summed E-state index contributed by atoms with van der Waals surface area (Å²) < 4.78 is 18.0. The average Bonchev–Trinajstić information content (AvgIpc) is 3.16. The lowest BCUT2D eigenvalue weighted by Gasteiger charge is -2.05. The van der Waals surface area contributed by atoms with E-state index in [-0.39, 0.29) is 5.91 Å². The second-order valence-corrected chi connectivity index (χ2v) is 9.01. The number of methoxy groups -OCH3 is 3. The normalized spacial score (nSPS) is 11.7. The zero-order chi connectivity index (χ0) is 22.9. The highest BCUT2D eigenvalue weighted by atomic mass is 32.2. The third kappa shape index (κ3) is 6.21. The van der Waals surface area contributed by atoms with Crippen LogP contribution in [0.15, 0.2) is 52.4 Å². The number of ether oxygens (including phenoxy) is 3. The molecule has 0 atom stereocenters. The lowest BCUT2D eigenvalue weighted by molar-refractivity contribution is -0.118. The first kappa shape index (κ1) is 24.0. The summed E-state index contributed by atoms with van der Waals surface area (Å²) in [7, 11) is 4.63. The Hall–Kier alpha value is -2.62. The first-order valence-corrected chi connectivity index (χ1v) is 11.9. The Kier molecular flexibility index (Phi) is 8.90. The molecular weight excluding hydrogens is 448 g/mol. The SMILES string of the molecule is COCCn1c(=NC(=O)CCCSc2ccc(OC)cc2)sc2cc(C(=O)OC)ccc21. The standard InChI is InChI=1S/C23H26N2O5S2/c1-28-13-12-25-19-11-6-16(22(27)30-3)15-20(19)32-23(25)24-21(26)5-4-14-31-18-9-7-17(29-2)8-10-18/h6-11,15H,4-5,12-14H2,1-3H3. The minimum Gasteiger partial charge on any atom is -0.497 e. The molecule has 1 amide bonds. The van der Waals surface area contributed by atoms with Crippen molar-refractivity contribution in [2.45, 2.75) is 24.3 Å². The summed E-state index contributed by atoms with van der Waals surface area (Å²) in [5.41, 5.74) is 1.37. The molecule has 1 heterocycles. The first-order valence-electron chi connectivity index (χ1n) is 10.1. The van der Waals surface area contributed by atoms with Crippen LogP contribution in [0.2, 0.25) is 0 Å². The zero-order valence-corrected chi connectivity index (χ0v) is 20.0. The van der Waals surface area contributed by atoms with Gasteiger partial charge in [-0.15, -0.1) is 11.8 Å². The molecule has 0 unspecified atom stereocenters. The smallest absolute Gasteiger partial charge is 0.337 e. The molecule has 32 heavy (non-hydrogen) atoms. The number of carbonyl (C=O) groups excluding carboxylic acids is 2. The van der Waals surface area contributed by atoms with Gasteiger partial charge in [0, 0.05) is 25.0 Å². The Morgan fingerprint density at radius 2 is 1.88 bits per heavy atom. The predicted molar refractivity (Wildman–Crippen MR) is 127 cm³/mol. The number of benzene rings is 2. The molecule has 170 valence electrons. The van der Waals surface area contributed by atoms with Gasteiger partial charge in [-0.3, -0.25) is 4.79 Å². The van der Waals surface area contributed by atoms with Crippen LogP contribution in [0.1, 0.15) is 23.2 Å². The van der Waals surface area contributed by atoms with Crippen LogP contribution in [-0.2, 0) is 20.8 Å². The fourth-order valence-electron chi connectivity index (χ4n) is 3.05. The fraction of sp³-hybridized carbons (Fsp3) is 0.348. The molecule has 0 saturated carbocycles. The number of thiazole rings is 1. The van der Waals surface area contributed by atoms with E-state index in [1.807, 2.05) is 34.9 Å². The molecule has 0 radical (unpaired) electrons. The number of amides is 1. The molecule has 2 aromatic carbocycles. The lowest BCUT2D eigenvalue weighted by Crippen LogP contribution is -2.19. The molecule has 0 aliphatic carbocycles. The Labute approximate surface area is 195 Å². The first-order chi connectivity index (χ1) is 15.5. The third-order valence-electron chi connectivity index (χ3n) is 4.71. The third-order valence-corrected chi connectivity index (χ3v) is 6.85. The van der Waals surface area contributed by atoms with E-state index in [1.165, 1.54) is 18.4 Å². The minimum absolute atomic E-state index is 0.161. The number of aromatic nitrogens is 1. The van der Waals surface area contributed by atoms with Crippen molar-refractivity contribution in [3.05, 3.63) is 52.8 Å². The van der Waals surface area contributed by atoms with E-state index in [4.69, 9.17) is 14.2 Å². The van der Waals surface area contributed by atoms with Gasteiger partial charge in [0.2, 0.25) is 5.91 Å². The van der Waals surface area contributed by atoms with E-state index in [2.05, 4.69) is 4.99 Å². The second kappa shape index (κ2) is 11.8. The highest BCUT2D eigenvalue weighted by molar-refractivity contribution is 7.99. The Morgan fingerprint density at radius 1 is 1.09 bits per heavy atom. The summed E-state index contributed by atoms with van der Waals surface area (Å²) in [5, 5.41) is 0. The van der Waals surface area contributed by atoms with Gasteiger partial charge in [0.1, 0.15) is 5.75 Å². The van der Waals surface area contributed by atoms with Gasteiger partial charge < -0.3 is 18.8 Å². The van der Waals surface area contributed by atoms with Crippen LogP contribution in [0.4, 0.5) is 0 Å². The lowest BCUT2D eigenvalue weighted by atomic mass is 10.2. The number of fused-ring (bicyclic) bond motifs is 1. The van der Waals surface area contributed by atoms with Crippen molar-refractivity contribution in [1.29, 1.82) is 0 Å². The number of hydrogen-bond acceptors (Lipinski definition) is 7. The molecule has 7 nitrogen and oxygen atoms in total. The van der Waals surface area contributed by atoms with Gasteiger partial charge in [0.15, 0.2) is 4.80 Å². The van der Waals surface area contributed by atoms with E-state index in [0.717, 1.165) is 33.0 Å². The summed E-state index contributed by atoms with van der Waals surface area (Å²) >= 11 is 3.08. The van der Waals surface area contributed by atoms with Crippen LogP contribution >= 0.6 is 23.1 Å². The molecule has 0 aliphatic heterocycles. The molecule has 1 aromatic heterocycles. The molecule has 3 aromatic rings. The molecule has 3 rings (SSSR count). The largest absolute Gasteiger partial charge is 0.497 e. The summed E-state index contributed by atoms with van der Waals surface area (Å²) in [6, 6.07) is 13.2. The maximum atomic E-state index is 12.5. The summed E-state index contributed by atoms with van der Waals surface area (Å²) in [5.74, 6) is 1.10. The summed E-state index contributed by atoms with van der Waals surface area (Å²) in [4.78, 5) is 30.5. The van der Waals surface area contributed by atoms with Crippen LogP contribution in [-0.4, -0.2) is 50.1 Å². The molecule has 0 bridgehead atoms. The summed E-state index contributed by atoms with van der Waals surface area (Å²) in [6.45, 7) is 1.05. The number of hydrogen-bond donors (Lipinski definition) is 0. The van der Waals surface area contributed by atoms with Crippen LogP contribution in [0.5, 0.6) is 5.75 Å². The van der Waals surface area contributed by atoms with Crippen molar-refractivity contribution in [3.8, 4) is 5.75 Å². The molecule has 0 fully saturated rings. The average molecular weight is 475 g/mol. The minimum atomic E-state index is -0.396. The number of rotatable bonds is 10. The van der Waals surface area contributed by atoms with Crippen molar-refractivity contribution in [1.82, 2.24) is 4.57 Å². The van der Waals surface area contributed by atoms with E-state index in [0.29, 0.717) is 29.9 Å². The van der Waals surface area contributed by atoms with Crippen LogP contribution in [0.25, 0.3) is 10.2 Å².